The van der Waals surface area contributed by atoms with Crippen LogP contribution in [-0.2, 0) is 19.1 Å². The number of nitriles is 1. The Bertz CT molecular complexity index is 1030. The minimum Gasteiger partial charge on any atom is -0.457 e. The molecule has 8 heteroatoms. The maximum atomic E-state index is 12.9. The van der Waals surface area contributed by atoms with Gasteiger partial charge in [-0.3, -0.25) is 14.4 Å². The lowest BCUT2D eigenvalue weighted by Gasteiger charge is -2.27. The number of Topliss-reactive ketones (excluding diaryl/α,β-unsaturated/α-hetero) is 1. The minimum atomic E-state index is -0.765. The Balaban J connectivity index is 1.85. The number of nitrogens with zero attached hydrogens (tertiary/aromatic N) is 2. The number of hydrogen-bond donors (Lipinski definition) is 1. The summed E-state index contributed by atoms with van der Waals surface area (Å²) in [5.41, 5.74) is 7.11. The standard InChI is InChI=1S/C22H21N3O4S/c1-13-5-7-15(8-6-13)25-20(27)10-16(21(25)19-4-3-9-30-19)22(28)29-12-18(26)17(11-23)14(2)24/h3-9,16,21H,10,12,24H2,1-2H3/b17-14-/t16-,21-/m0/s1. The van der Waals surface area contributed by atoms with Crippen molar-refractivity contribution in [3.63, 3.8) is 0 Å². The highest BCUT2D eigenvalue weighted by molar-refractivity contribution is 7.10. The molecule has 0 radical (unpaired) electrons. The highest BCUT2D eigenvalue weighted by atomic mass is 32.1. The second-order valence-electron chi connectivity index (χ2n) is 7.07. The van der Waals surface area contributed by atoms with Crippen molar-refractivity contribution in [1.29, 1.82) is 5.26 Å². The molecule has 1 aromatic carbocycles. The molecule has 0 aliphatic carbocycles. The number of ether oxygens (including phenoxy) is 1. The third kappa shape index (κ3) is 4.26. The average Bonchev–Trinajstić information content (AvgIpc) is 3.34. The highest BCUT2D eigenvalue weighted by Crippen LogP contribution is 2.43. The van der Waals surface area contributed by atoms with E-state index in [1.807, 2.05) is 48.7 Å². The van der Waals surface area contributed by atoms with E-state index in [9.17, 15) is 14.4 Å². The number of aryl methyl sites for hydroxylation is 1. The summed E-state index contributed by atoms with van der Waals surface area (Å²) in [4.78, 5) is 40.3. The van der Waals surface area contributed by atoms with Crippen molar-refractivity contribution >= 4 is 34.7 Å². The molecule has 1 aromatic heterocycles. The summed E-state index contributed by atoms with van der Waals surface area (Å²) in [6, 6.07) is 12.4. The summed E-state index contributed by atoms with van der Waals surface area (Å²) in [5.74, 6) is -2.28. The molecule has 3 rings (SSSR count). The summed E-state index contributed by atoms with van der Waals surface area (Å²) in [6.07, 6.45) is -0.0275. The predicted octanol–water partition coefficient (Wildman–Crippen LogP) is 3.02. The molecular formula is C22H21N3O4S. The van der Waals surface area contributed by atoms with Crippen LogP contribution in [0.15, 0.2) is 53.0 Å². The largest absolute Gasteiger partial charge is 0.457 e. The zero-order valence-corrected chi connectivity index (χ0v) is 17.4. The van der Waals surface area contributed by atoms with Crippen LogP contribution >= 0.6 is 11.3 Å². The van der Waals surface area contributed by atoms with Crippen LogP contribution in [0, 0.1) is 24.2 Å². The van der Waals surface area contributed by atoms with Gasteiger partial charge in [-0.15, -0.1) is 11.3 Å². The van der Waals surface area contributed by atoms with Crippen molar-refractivity contribution in [1.82, 2.24) is 0 Å². The zero-order chi connectivity index (χ0) is 21.8. The first kappa shape index (κ1) is 21.3. The predicted molar refractivity (Wildman–Crippen MR) is 112 cm³/mol. The number of esters is 1. The summed E-state index contributed by atoms with van der Waals surface area (Å²) in [6.45, 7) is 2.79. The molecule has 0 bridgehead atoms. The third-order valence-electron chi connectivity index (χ3n) is 4.90. The van der Waals surface area contributed by atoms with E-state index >= 15 is 0 Å². The van der Waals surface area contributed by atoms with E-state index in [1.54, 1.807) is 11.0 Å². The lowest BCUT2D eigenvalue weighted by molar-refractivity contribution is -0.151. The number of benzene rings is 1. The molecule has 7 nitrogen and oxygen atoms in total. The van der Waals surface area contributed by atoms with Gasteiger partial charge in [0.05, 0.1) is 12.0 Å². The van der Waals surface area contributed by atoms with Crippen molar-refractivity contribution in [3.8, 4) is 6.07 Å². The summed E-state index contributed by atoms with van der Waals surface area (Å²) < 4.78 is 5.20. The molecular weight excluding hydrogens is 402 g/mol. The second-order valence-corrected chi connectivity index (χ2v) is 8.05. The minimum absolute atomic E-state index is 0.0275. The summed E-state index contributed by atoms with van der Waals surface area (Å²) in [5, 5.41) is 10.9. The van der Waals surface area contributed by atoms with Crippen molar-refractivity contribution < 1.29 is 19.1 Å². The number of ketones is 1. The molecule has 2 aromatic rings. The number of carbonyl (C=O) groups is 3. The molecule has 0 spiro atoms. The molecule has 30 heavy (non-hydrogen) atoms. The van der Waals surface area contributed by atoms with Gasteiger partial charge in [-0.05, 0) is 37.4 Å². The lowest BCUT2D eigenvalue weighted by atomic mass is 9.98. The van der Waals surface area contributed by atoms with E-state index < -0.39 is 30.3 Å². The van der Waals surface area contributed by atoms with Gasteiger partial charge in [0.15, 0.2) is 6.61 Å². The van der Waals surface area contributed by atoms with Crippen LogP contribution in [0.4, 0.5) is 5.69 Å². The number of thiophene rings is 1. The summed E-state index contributed by atoms with van der Waals surface area (Å²) >= 11 is 1.45. The number of amides is 1. The fourth-order valence-corrected chi connectivity index (χ4v) is 4.31. The second kappa shape index (κ2) is 8.93. The molecule has 2 atom stereocenters. The Kier molecular flexibility index (Phi) is 6.33. The Labute approximate surface area is 178 Å². The van der Waals surface area contributed by atoms with E-state index in [0.717, 1.165) is 10.4 Å². The smallest absolute Gasteiger partial charge is 0.312 e. The van der Waals surface area contributed by atoms with Gasteiger partial charge in [-0.1, -0.05) is 23.8 Å². The first-order chi connectivity index (χ1) is 14.3. The third-order valence-corrected chi connectivity index (χ3v) is 5.85. The van der Waals surface area contributed by atoms with Crippen molar-refractivity contribution in [3.05, 3.63) is 63.5 Å². The number of allylic oxidation sites excluding steroid dienone is 1. The number of rotatable bonds is 6. The van der Waals surface area contributed by atoms with Gasteiger partial charge < -0.3 is 15.4 Å². The first-order valence-corrected chi connectivity index (χ1v) is 10.2. The number of hydrogen-bond acceptors (Lipinski definition) is 7. The van der Waals surface area contributed by atoms with E-state index in [2.05, 4.69) is 0 Å². The highest BCUT2D eigenvalue weighted by Gasteiger charge is 2.46. The number of anilines is 1. The molecule has 1 fully saturated rings. The van der Waals surface area contributed by atoms with Crippen LogP contribution in [0.2, 0.25) is 0 Å². The molecule has 2 heterocycles. The molecule has 2 N–H and O–H groups in total. The average molecular weight is 423 g/mol. The van der Waals surface area contributed by atoms with Gasteiger partial charge in [0, 0.05) is 22.7 Å². The topological polar surface area (TPSA) is 113 Å². The Morgan fingerprint density at radius 2 is 2.00 bits per heavy atom. The molecule has 1 amide bonds. The maximum Gasteiger partial charge on any atom is 0.312 e. The van der Waals surface area contributed by atoms with E-state index in [4.69, 9.17) is 15.7 Å². The van der Waals surface area contributed by atoms with Crippen molar-refractivity contribution in [2.24, 2.45) is 11.7 Å². The van der Waals surface area contributed by atoms with Gasteiger partial charge in [0.2, 0.25) is 11.7 Å². The maximum absolute atomic E-state index is 12.9. The SMILES string of the molecule is C/C(N)=C(\C#N)C(=O)COC(=O)[C@H]1CC(=O)N(c2ccc(C)cc2)[C@@H]1c1cccs1. The van der Waals surface area contributed by atoms with Gasteiger partial charge in [0.1, 0.15) is 11.6 Å². The Hall–Kier alpha value is -3.44. The van der Waals surface area contributed by atoms with E-state index in [1.165, 1.54) is 18.3 Å². The normalized spacial score (nSPS) is 19.2. The first-order valence-electron chi connectivity index (χ1n) is 9.32. The van der Waals surface area contributed by atoms with E-state index in [0.29, 0.717) is 5.69 Å². The zero-order valence-electron chi connectivity index (χ0n) is 16.6. The Morgan fingerprint density at radius 1 is 1.30 bits per heavy atom. The van der Waals surface area contributed by atoms with Gasteiger partial charge >= 0.3 is 5.97 Å². The quantitative estimate of drug-likeness (QED) is 0.434. The van der Waals surface area contributed by atoms with Crippen LogP contribution in [0.5, 0.6) is 0 Å². The van der Waals surface area contributed by atoms with Gasteiger partial charge in [0.25, 0.3) is 0 Å². The van der Waals surface area contributed by atoms with Gasteiger partial charge in [-0.25, -0.2) is 0 Å². The molecule has 0 unspecified atom stereocenters. The van der Waals surface area contributed by atoms with Crippen molar-refractivity contribution in [2.75, 3.05) is 11.5 Å². The fourth-order valence-electron chi connectivity index (χ4n) is 3.43. The monoisotopic (exact) mass is 423 g/mol. The molecule has 1 saturated heterocycles. The van der Waals surface area contributed by atoms with Crippen LogP contribution in [0.1, 0.15) is 29.8 Å². The van der Waals surface area contributed by atoms with Gasteiger partial charge in [-0.2, -0.15) is 5.26 Å². The molecule has 1 aliphatic heterocycles. The number of carbonyl (C=O) groups excluding carboxylic acids is 3. The number of nitrogens with two attached hydrogens (primary N) is 1. The summed E-state index contributed by atoms with van der Waals surface area (Å²) in [7, 11) is 0. The van der Waals surface area contributed by atoms with Crippen LogP contribution in [0.25, 0.3) is 0 Å². The molecule has 0 saturated carbocycles. The van der Waals surface area contributed by atoms with Crippen molar-refractivity contribution in [2.45, 2.75) is 26.3 Å². The van der Waals surface area contributed by atoms with Crippen LogP contribution in [-0.4, -0.2) is 24.3 Å². The van der Waals surface area contributed by atoms with Crippen LogP contribution in [0.3, 0.4) is 0 Å². The Morgan fingerprint density at radius 3 is 2.57 bits per heavy atom. The van der Waals surface area contributed by atoms with E-state index in [-0.39, 0.29) is 23.6 Å². The lowest BCUT2D eigenvalue weighted by Crippen LogP contribution is -2.31. The molecule has 154 valence electrons. The fraction of sp³-hybridized carbons (Fsp3) is 0.273. The molecule has 1 aliphatic rings. The van der Waals surface area contributed by atoms with Crippen LogP contribution < -0.4 is 10.6 Å².